The largest absolute Gasteiger partial charge is 0.496 e. The molecule has 3 aromatic heterocycles. The normalized spacial score (nSPS) is 11.3. The van der Waals surface area contributed by atoms with Gasteiger partial charge in [0.1, 0.15) is 27.6 Å². The predicted octanol–water partition coefficient (Wildman–Crippen LogP) is 3.86. The number of aliphatic carboxylic acids is 1. The summed E-state index contributed by atoms with van der Waals surface area (Å²) in [6.45, 7) is 1.08. The van der Waals surface area contributed by atoms with Crippen molar-refractivity contribution in [3.8, 4) is 28.5 Å². The second-order valence-electron chi connectivity index (χ2n) is 6.97. The smallest absolute Gasteiger partial charge is 0.300 e. The van der Waals surface area contributed by atoms with Crippen molar-refractivity contribution in [2.75, 3.05) is 7.11 Å². The molecule has 0 aliphatic carbocycles. The van der Waals surface area contributed by atoms with E-state index in [9.17, 15) is 9.18 Å². The number of methoxy groups -OCH3 is 1. The van der Waals surface area contributed by atoms with Crippen molar-refractivity contribution in [3.63, 3.8) is 0 Å². The molecule has 5 rings (SSSR count). The number of fused-ring (bicyclic) bond motifs is 1. The monoisotopic (exact) mass is 479 g/mol. The van der Waals surface area contributed by atoms with E-state index in [1.165, 1.54) is 28.0 Å². The van der Waals surface area contributed by atoms with Crippen LogP contribution in [0.4, 0.5) is 4.39 Å². The average molecular weight is 479 g/mol. The molecular weight excluding hydrogens is 461 g/mol. The third-order valence-electron chi connectivity index (χ3n) is 4.56. The Labute approximate surface area is 196 Å². The molecule has 0 atom stereocenters. The number of furan rings is 1. The lowest BCUT2D eigenvalue weighted by molar-refractivity contribution is -0.134. The minimum Gasteiger partial charge on any atom is -0.496 e. The Morgan fingerprint density at radius 3 is 2.53 bits per heavy atom. The van der Waals surface area contributed by atoms with Crippen molar-refractivity contribution in [1.82, 2.24) is 14.6 Å². The minimum absolute atomic E-state index is 0.275. The molecule has 8 nitrogen and oxygen atoms in total. The first-order valence-electron chi connectivity index (χ1n) is 9.95. The molecule has 34 heavy (non-hydrogen) atoms. The van der Waals surface area contributed by atoms with E-state index >= 15 is 0 Å². The van der Waals surface area contributed by atoms with Gasteiger partial charge in [-0.15, -0.1) is 5.10 Å². The Morgan fingerprint density at radius 1 is 1.15 bits per heavy atom. The molecule has 0 bridgehead atoms. The number of thiazole rings is 1. The number of carbonyl (C=O) groups is 1. The number of aromatic nitrogens is 3. The Balaban J connectivity index is 0.000000636. The van der Waals surface area contributed by atoms with Crippen molar-refractivity contribution >= 4 is 28.3 Å². The fraction of sp³-hybridized carbons (Fsp3) is 0.0833. The van der Waals surface area contributed by atoms with Crippen LogP contribution in [0.15, 0.2) is 69.9 Å². The number of para-hydroxylation sites is 1. The van der Waals surface area contributed by atoms with Gasteiger partial charge < -0.3 is 14.3 Å². The second-order valence-corrected chi connectivity index (χ2v) is 7.98. The molecule has 3 heterocycles. The van der Waals surface area contributed by atoms with Crippen LogP contribution < -0.4 is 14.8 Å². The first kappa shape index (κ1) is 22.9. The standard InChI is InChI=1S/C22H14FN3O3S.C2H4O2/c1-28-18-5-3-2-4-16(18)20-24-22-26(25-20)21(27)19(30-22)12-15-10-11-17(29-15)13-6-8-14(23)9-7-13;1-2(3)4/h2-12H,1H3;1H3,(H,3,4)/b19-12-;. The zero-order valence-corrected chi connectivity index (χ0v) is 18.9. The van der Waals surface area contributed by atoms with Crippen LogP contribution in [0.25, 0.3) is 33.7 Å². The van der Waals surface area contributed by atoms with Crippen LogP contribution >= 0.6 is 11.3 Å². The van der Waals surface area contributed by atoms with E-state index in [0.717, 1.165) is 18.1 Å². The highest BCUT2D eigenvalue weighted by molar-refractivity contribution is 7.15. The van der Waals surface area contributed by atoms with Crippen molar-refractivity contribution < 1.29 is 23.4 Å². The van der Waals surface area contributed by atoms with Gasteiger partial charge in [-0.25, -0.2) is 4.39 Å². The topological polar surface area (TPSA) is 107 Å². The van der Waals surface area contributed by atoms with Crippen LogP contribution in [-0.4, -0.2) is 32.8 Å². The maximum Gasteiger partial charge on any atom is 0.300 e. The van der Waals surface area contributed by atoms with Crippen molar-refractivity contribution in [2.45, 2.75) is 6.92 Å². The number of rotatable bonds is 4. The molecule has 0 radical (unpaired) electrons. The molecule has 10 heteroatoms. The molecule has 0 saturated carbocycles. The third-order valence-corrected chi connectivity index (χ3v) is 5.52. The van der Waals surface area contributed by atoms with E-state index in [4.69, 9.17) is 19.1 Å². The lowest BCUT2D eigenvalue weighted by Gasteiger charge is -2.03. The first-order valence-corrected chi connectivity index (χ1v) is 10.8. The number of hydrogen-bond acceptors (Lipinski definition) is 7. The van der Waals surface area contributed by atoms with Crippen LogP contribution in [0.1, 0.15) is 12.7 Å². The SMILES string of the molecule is CC(=O)O.COc1ccccc1-c1nc2s/c(=C\c3ccc(-c4ccc(F)cc4)o3)c(=O)n2n1. The number of hydrogen-bond donors (Lipinski definition) is 1. The molecule has 0 unspecified atom stereocenters. The maximum absolute atomic E-state index is 13.1. The summed E-state index contributed by atoms with van der Waals surface area (Å²) in [6, 6.07) is 16.9. The molecule has 0 aliphatic heterocycles. The Bertz CT molecular complexity index is 1570. The number of carboxylic acids is 1. The Hall–Kier alpha value is -4.31. The van der Waals surface area contributed by atoms with Crippen LogP contribution in [-0.2, 0) is 4.79 Å². The molecule has 0 aliphatic rings. The molecular formula is C24H18FN3O5S. The van der Waals surface area contributed by atoms with Gasteiger partial charge in [-0.2, -0.15) is 9.50 Å². The predicted molar refractivity (Wildman–Crippen MR) is 125 cm³/mol. The number of carboxylic acid groups (broad SMARTS) is 1. The Kier molecular flexibility index (Phi) is 6.51. The molecule has 1 N–H and O–H groups in total. The molecule has 2 aromatic carbocycles. The van der Waals surface area contributed by atoms with Gasteiger partial charge in [0.05, 0.1) is 12.7 Å². The highest BCUT2D eigenvalue weighted by atomic mass is 32.1. The van der Waals surface area contributed by atoms with Gasteiger partial charge in [0.25, 0.3) is 11.5 Å². The summed E-state index contributed by atoms with van der Waals surface area (Å²) in [5.41, 5.74) is 1.20. The van der Waals surface area contributed by atoms with Gasteiger partial charge in [0.15, 0.2) is 5.82 Å². The molecule has 0 saturated heterocycles. The average Bonchev–Trinajstić information content (AvgIpc) is 3.51. The van der Waals surface area contributed by atoms with Gasteiger partial charge in [-0.3, -0.25) is 9.59 Å². The van der Waals surface area contributed by atoms with Crippen molar-refractivity contribution in [3.05, 3.63) is 87.1 Å². The fourth-order valence-corrected chi connectivity index (χ4v) is 3.99. The maximum atomic E-state index is 13.1. The van der Waals surface area contributed by atoms with Gasteiger partial charge in [0, 0.05) is 18.6 Å². The van der Waals surface area contributed by atoms with Crippen molar-refractivity contribution in [1.29, 1.82) is 0 Å². The summed E-state index contributed by atoms with van der Waals surface area (Å²) in [4.78, 5) is 26.7. The summed E-state index contributed by atoms with van der Waals surface area (Å²) in [7, 11) is 1.58. The second kappa shape index (κ2) is 9.67. The van der Waals surface area contributed by atoms with E-state index in [-0.39, 0.29) is 11.4 Å². The summed E-state index contributed by atoms with van der Waals surface area (Å²) in [5.74, 6) is 1.03. The summed E-state index contributed by atoms with van der Waals surface area (Å²) in [6.07, 6.45) is 1.65. The van der Waals surface area contributed by atoms with Gasteiger partial charge in [-0.05, 0) is 48.5 Å². The van der Waals surface area contributed by atoms with Crippen LogP contribution in [0.5, 0.6) is 5.75 Å². The quantitative estimate of drug-likeness (QED) is 0.417. The molecule has 5 aromatic rings. The van der Waals surface area contributed by atoms with Gasteiger partial charge in [0.2, 0.25) is 4.96 Å². The molecule has 0 amide bonds. The lowest BCUT2D eigenvalue weighted by Crippen LogP contribution is -2.23. The van der Waals surface area contributed by atoms with E-state index in [2.05, 4.69) is 10.1 Å². The third kappa shape index (κ3) is 4.86. The van der Waals surface area contributed by atoms with E-state index in [1.54, 1.807) is 37.5 Å². The highest BCUT2D eigenvalue weighted by Gasteiger charge is 2.15. The van der Waals surface area contributed by atoms with Crippen LogP contribution in [0, 0.1) is 5.82 Å². The lowest BCUT2D eigenvalue weighted by atomic mass is 10.2. The summed E-state index contributed by atoms with van der Waals surface area (Å²) < 4.78 is 26.0. The van der Waals surface area contributed by atoms with E-state index in [0.29, 0.717) is 32.6 Å². The van der Waals surface area contributed by atoms with Crippen molar-refractivity contribution in [2.24, 2.45) is 0 Å². The van der Waals surface area contributed by atoms with E-state index < -0.39 is 5.97 Å². The molecule has 0 spiro atoms. The minimum atomic E-state index is -0.833. The number of benzene rings is 2. The number of ether oxygens (including phenoxy) is 1. The summed E-state index contributed by atoms with van der Waals surface area (Å²) >= 11 is 1.23. The van der Waals surface area contributed by atoms with Gasteiger partial charge >= 0.3 is 0 Å². The van der Waals surface area contributed by atoms with E-state index in [1.807, 2.05) is 24.3 Å². The zero-order chi connectivity index (χ0) is 24.2. The number of halogens is 1. The van der Waals surface area contributed by atoms with Crippen LogP contribution in [0.3, 0.4) is 0 Å². The first-order chi connectivity index (χ1) is 16.4. The highest BCUT2D eigenvalue weighted by Crippen LogP contribution is 2.27. The number of nitrogens with zero attached hydrogens (tertiary/aromatic N) is 3. The fourth-order valence-electron chi connectivity index (χ4n) is 3.11. The Morgan fingerprint density at radius 2 is 1.85 bits per heavy atom. The zero-order valence-electron chi connectivity index (χ0n) is 18.1. The summed E-state index contributed by atoms with van der Waals surface area (Å²) in [5, 5.41) is 11.8. The van der Waals surface area contributed by atoms with Gasteiger partial charge in [-0.1, -0.05) is 23.5 Å². The molecule has 172 valence electrons. The molecule has 0 fully saturated rings. The van der Waals surface area contributed by atoms with Crippen LogP contribution in [0.2, 0.25) is 0 Å².